The Morgan fingerprint density at radius 2 is 1.94 bits per heavy atom. The first-order valence-corrected chi connectivity index (χ1v) is 5.38. The Morgan fingerprint density at radius 3 is 2.59 bits per heavy atom. The highest BCUT2D eigenvalue weighted by molar-refractivity contribution is 6.36. The summed E-state index contributed by atoms with van der Waals surface area (Å²) in [5, 5.41) is 3.59. The van der Waals surface area contributed by atoms with Crippen molar-refractivity contribution in [3.8, 4) is 0 Å². The molecule has 2 N–H and O–H groups in total. The number of fused-ring (bicyclic) bond motifs is 1. The van der Waals surface area contributed by atoms with Crippen molar-refractivity contribution in [1.29, 1.82) is 0 Å². The van der Waals surface area contributed by atoms with E-state index < -0.39 is 12.7 Å². The van der Waals surface area contributed by atoms with Gasteiger partial charge in [0, 0.05) is 23.1 Å². The average molecular weight is 263 g/mol. The molecule has 6 heteroatoms. The normalized spacial score (nSPS) is 12.2. The number of halogens is 4. The van der Waals surface area contributed by atoms with E-state index in [4.69, 9.17) is 11.6 Å². The average Bonchev–Trinajstić information content (AvgIpc) is 2.55. The third-order valence-electron chi connectivity index (χ3n) is 2.34. The summed E-state index contributed by atoms with van der Waals surface area (Å²) in [6.45, 7) is -0.967. The van der Waals surface area contributed by atoms with Gasteiger partial charge in [-0.1, -0.05) is 29.8 Å². The zero-order chi connectivity index (χ0) is 12.5. The molecule has 0 aliphatic carbocycles. The molecule has 0 fully saturated rings. The molecule has 0 amide bonds. The molecule has 17 heavy (non-hydrogen) atoms. The van der Waals surface area contributed by atoms with Gasteiger partial charge in [-0.25, -0.2) is 0 Å². The Balaban J connectivity index is 2.11. The van der Waals surface area contributed by atoms with Crippen LogP contribution in [0, 0.1) is 0 Å². The lowest BCUT2D eigenvalue weighted by Gasteiger charge is -2.07. The van der Waals surface area contributed by atoms with Gasteiger partial charge in [0.05, 0.1) is 11.6 Å². The van der Waals surface area contributed by atoms with Crippen LogP contribution in [0.3, 0.4) is 0 Å². The van der Waals surface area contributed by atoms with Gasteiger partial charge >= 0.3 is 6.18 Å². The molecule has 0 unspecified atom stereocenters. The van der Waals surface area contributed by atoms with Gasteiger partial charge in [-0.2, -0.15) is 13.2 Å². The molecule has 0 aliphatic heterocycles. The second-order valence-corrected chi connectivity index (χ2v) is 4.06. The van der Waals surface area contributed by atoms with Crippen LogP contribution >= 0.6 is 11.6 Å². The lowest BCUT2D eigenvalue weighted by molar-refractivity contribution is -0.125. The molecule has 2 aromatic rings. The van der Waals surface area contributed by atoms with Crippen molar-refractivity contribution in [2.45, 2.75) is 12.7 Å². The summed E-state index contributed by atoms with van der Waals surface area (Å²) in [5.41, 5.74) is 1.39. The molecule has 0 saturated carbocycles. The van der Waals surface area contributed by atoms with E-state index in [0.29, 0.717) is 10.7 Å². The summed E-state index contributed by atoms with van der Waals surface area (Å²) in [7, 11) is 0. The number of aromatic nitrogens is 1. The number of para-hydroxylation sites is 1. The van der Waals surface area contributed by atoms with Gasteiger partial charge in [-0.15, -0.1) is 0 Å². The van der Waals surface area contributed by atoms with Crippen molar-refractivity contribution < 1.29 is 13.2 Å². The Hall–Kier alpha value is -1.20. The van der Waals surface area contributed by atoms with Crippen LogP contribution in [-0.4, -0.2) is 17.7 Å². The van der Waals surface area contributed by atoms with E-state index >= 15 is 0 Å². The summed E-state index contributed by atoms with van der Waals surface area (Å²) in [5.74, 6) is 0. The maximum atomic E-state index is 12.0. The van der Waals surface area contributed by atoms with E-state index in [9.17, 15) is 13.2 Å². The Labute approximate surface area is 101 Å². The minimum atomic E-state index is -4.21. The fourth-order valence-electron chi connectivity index (χ4n) is 1.61. The molecule has 0 aliphatic rings. The van der Waals surface area contributed by atoms with E-state index in [1.165, 1.54) is 0 Å². The van der Waals surface area contributed by atoms with Crippen LogP contribution in [0.15, 0.2) is 24.3 Å². The molecule has 0 radical (unpaired) electrons. The second-order valence-electron chi connectivity index (χ2n) is 3.68. The third-order valence-corrected chi connectivity index (χ3v) is 2.77. The molecular weight excluding hydrogens is 253 g/mol. The van der Waals surface area contributed by atoms with E-state index in [0.717, 1.165) is 10.9 Å². The molecule has 2 nitrogen and oxygen atoms in total. The minimum absolute atomic E-state index is 0.0625. The fourth-order valence-corrected chi connectivity index (χ4v) is 1.89. The Morgan fingerprint density at radius 1 is 1.24 bits per heavy atom. The van der Waals surface area contributed by atoms with Gasteiger partial charge in [0.2, 0.25) is 0 Å². The van der Waals surface area contributed by atoms with E-state index in [1.807, 2.05) is 24.3 Å². The summed E-state index contributed by atoms with van der Waals surface area (Å²) in [6.07, 6.45) is -4.21. The molecule has 92 valence electrons. The maximum absolute atomic E-state index is 12.0. The first-order chi connectivity index (χ1) is 7.97. The topological polar surface area (TPSA) is 27.8 Å². The monoisotopic (exact) mass is 262 g/mol. The fraction of sp³-hybridized carbons (Fsp3) is 0.273. The summed E-state index contributed by atoms with van der Waals surface area (Å²) >= 11 is 6.05. The molecule has 1 aromatic carbocycles. The zero-order valence-electron chi connectivity index (χ0n) is 8.74. The second kappa shape index (κ2) is 4.58. The molecule has 0 bridgehead atoms. The van der Waals surface area contributed by atoms with Gasteiger partial charge in [-0.3, -0.25) is 0 Å². The van der Waals surface area contributed by atoms with E-state index in [2.05, 4.69) is 10.3 Å². The van der Waals surface area contributed by atoms with Crippen molar-refractivity contribution in [2.75, 3.05) is 6.54 Å². The maximum Gasteiger partial charge on any atom is 0.401 e. The van der Waals surface area contributed by atoms with Crippen LogP contribution in [0.25, 0.3) is 10.9 Å². The van der Waals surface area contributed by atoms with Crippen molar-refractivity contribution >= 4 is 22.5 Å². The predicted octanol–water partition coefficient (Wildman–Crippen LogP) is 3.47. The number of aromatic amines is 1. The van der Waals surface area contributed by atoms with Gasteiger partial charge in [0.15, 0.2) is 0 Å². The number of hydrogen-bond donors (Lipinski definition) is 2. The van der Waals surface area contributed by atoms with Gasteiger partial charge in [-0.05, 0) is 6.07 Å². The van der Waals surface area contributed by atoms with Crippen molar-refractivity contribution in [3.05, 3.63) is 35.0 Å². The Kier molecular flexibility index (Phi) is 3.31. The number of H-pyrrole nitrogens is 1. The first kappa shape index (κ1) is 12.3. The standard InChI is InChI=1S/C11H10ClF3N2/c12-10-7-3-1-2-4-8(7)17-9(10)5-16-6-11(13,14)15/h1-4,16-17H,5-6H2. The molecule has 1 heterocycles. The van der Waals surface area contributed by atoms with Crippen LogP contribution in [0.5, 0.6) is 0 Å². The highest BCUT2D eigenvalue weighted by Crippen LogP contribution is 2.27. The molecule has 0 atom stereocenters. The van der Waals surface area contributed by atoms with Crippen molar-refractivity contribution in [1.82, 2.24) is 10.3 Å². The van der Waals surface area contributed by atoms with Gasteiger partial charge in [0.25, 0.3) is 0 Å². The van der Waals surface area contributed by atoms with Crippen molar-refractivity contribution in [2.24, 2.45) is 0 Å². The van der Waals surface area contributed by atoms with Crippen LogP contribution in [0.4, 0.5) is 13.2 Å². The van der Waals surface area contributed by atoms with Crippen molar-refractivity contribution in [3.63, 3.8) is 0 Å². The number of hydrogen-bond acceptors (Lipinski definition) is 1. The van der Waals surface area contributed by atoms with Crippen LogP contribution in [0.1, 0.15) is 5.69 Å². The molecule has 2 rings (SSSR count). The molecule has 0 saturated heterocycles. The van der Waals surface area contributed by atoms with Gasteiger partial charge in [0.1, 0.15) is 0 Å². The van der Waals surface area contributed by atoms with Crippen LogP contribution in [-0.2, 0) is 6.54 Å². The summed E-state index contributed by atoms with van der Waals surface area (Å²) < 4.78 is 35.9. The smallest absolute Gasteiger partial charge is 0.356 e. The molecule has 1 aromatic heterocycles. The molecular formula is C11H10ClF3N2. The largest absolute Gasteiger partial charge is 0.401 e. The summed E-state index contributed by atoms with van der Waals surface area (Å²) in [4.78, 5) is 2.99. The van der Waals surface area contributed by atoms with Gasteiger partial charge < -0.3 is 10.3 Å². The quantitative estimate of drug-likeness (QED) is 0.871. The van der Waals surface area contributed by atoms with E-state index in [1.54, 1.807) is 0 Å². The lowest BCUT2D eigenvalue weighted by atomic mass is 10.2. The zero-order valence-corrected chi connectivity index (χ0v) is 9.49. The first-order valence-electron chi connectivity index (χ1n) is 5.00. The highest BCUT2D eigenvalue weighted by Gasteiger charge is 2.26. The SMILES string of the molecule is FC(F)(F)CNCc1[nH]c2ccccc2c1Cl. The van der Waals surface area contributed by atoms with Crippen LogP contribution < -0.4 is 5.32 Å². The molecule has 0 spiro atoms. The Bertz CT molecular complexity index is 519. The number of alkyl halides is 3. The van der Waals surface area contributed by atoms with Crippen LogP contribution in [0.2, 0.25) is 5.02 Å². The minimum Gasteiger partial charge on any atom is -0.356 e. The summed E-state index contributed by atoms with van der Waals surface area (Å²) in [6, 6.07) is 7.31. The van der Waals surface area contributed by atoms with E-state index in [-0.39, 0.29) is 6.54 Å². The predicted molar refractivity (Wildman–Crippen MR) is 61.1 cm³/mol. The number of rotatable bonds is 3. The third kappa shape index (κ3) is 2.92. The highest BCUT2D eigenvalue weighted by atomic mass is 35.5. The number of benzene rings is 1. The number of nitrogens with one attached hydrogen (secondary N) is 2. The lowest BCUT2D eigenvalue weighted by Crippen LogP contribution is -2.28.